The lowest BCUT2D eigenvalue weighted by Gasteiger charge is -1.99. The quantitative estimate of drug-likeness (QED) is 0.304. The van der Waals surface area contributed by atoms with Crippen molar-refractivity contribution < 1.29 is 36.3 Å². The topological polar surface area (TPSA) is 106 Å². The van der Waals surface area contributed by atoms with Gasteiger partial charge < -0.3 is 9.29 Å². The van der Waals surface area contributed by atoms with Gasteiger partial charge in [-0.2, -0.15) is 0 Å². The van der Waals surface area contributed by atoms with Crippen molar-refractivity contribution in [2.24, 2.45) is 0 Å². The number of rotatable bonds is 6. The molecule has 120 valence electrons. The second-order valence-corrected chi connectivity index (χ2v) is 4.90. The maximum absolute atomic E-state index is 10.9. The van der Waals surface area contributed by atoms with Crippen molar-refractivity contribution in [1.82, 2.24) is 0 Å². The summed E-state index contributed by atoms with van der Waals surface area (Å²) in [6.45, 7) is 0. The summed E-state index contributed by atoms with van der Waals surface area (Å²) in [6, 6.07) is 3.95. The van der Waals surface area contributed by atoms with Gasteiger partial charge in [0.1, 0.15) is 7.11 Å². The third kappa shape index (κ3) is 10.7. The van der Waals surface area contributed by atoms with E-state index in [0.29, 0.717) is 6.42 Å². The summed E-state index contributed by atoms with van der Waals surface area (Å²) in [5, 5.41) is 0. The molecule has 0 aromatic carbocycles. The van der Waals surface area contributed by atoms with Gasteiger partial charge in [-0.15, -0.1) is 0 Å². The fraction of sp³-hybridized carbons (Fsp3) is 0.500. The molecule has 8 nitrogen and oxygen atoms in total. The van der Waals surface area contributed by atoms with E-state index in [2.05, 4.69) is 8.92 Å². The van der Waals surface area contributed by atoms with E-state index < -0.39 is 10.4 Å². The summed E-state index contributed by atoms with van der Waals surface area (Å²) in [5.41, 5.74) is 1.19. The van der Waals surface area contributed by atoms with Crippen molar-refractivity contribution in [1.29, 1.82) is 0 Å². The molecule has 0 unspecified atom stereocenters. The zero-order chi connectivity index (χ0) is 16.3. The molecular weight excluding hydrogens is 302 g/mol. The maximum Gasteiger partial charge on any atom is 0.305 e. The summed E-state index contributed by atoms with van der Waals surface area (Å²) in [6.07, 6.45) is 5.83. The molecule has 1 rings (SSSR count). The third-order valence-electron chi connectivity index (χ3n) is 2.36. The van der Waals surface area contributed by atoms with Crippen LogP contribution in [0, 0.1) is 0 Å². The van der Waals surface area contributed by atoms with Crippen LogP contribution in [0.3, 0.4) is 0 Å². The summed E-state index contributed by atoms with van der Waals surface area (Å²) in [7, 11) is -0.587. The number of carbonyl (C=O) groups is 1. The monoisotopic (exact) mass is 321 g/mol. The van der Waals surface area contributed by atoms with Gasteiger partial charge >= 0.3 is 5.97 Å². The van der Waals surface area contributed by atoms with Crippen molar-refractivity contribution in [3.05, 3.63) is 30.1 Å². The van der Waals surface area contributed by atoms with E-state index in [1.54, 1.807) is 11.8 Å². The third-order valence-corrected chi connectivity index (χ3v) is 2.77. The Bertz CT molecular complexity index is 513. The highest BCUT2D eigenvalue weighted by Crippen LogP contribution is 2.03. The number of aryl methyl sites for hydroxylation is 1. The zero-order valence-electron chi connectivity index (χ0n) is 12.1. The van der Waals surface area contributed by atoms with Crippen molar-refractivity contribution in [3.8, 4) is 0 Å². The summed E-state index contributed by atoms with van der Waals surface area (Å²) in [5.74, 6) is -0.155. The number of hydrogen-bond donors (Lipinski definition) is 0. The molecule has 0 aliphatic carbocycles. The zero-order valence-corrected chi connectivity index (χ0v) is 13.0. The normalized spacial score (nSPS) is 10.3. The minimum absolute atomic E-state index is 0.155. The highest BCUT2D eigenvalue weighted by Gasteiger charge is 2.02. The first-order valence-electron chi connectivity index (χ1n) is 5.95. The van der Waals surface area contributed by atoms with Crippen LogP contribution in [-0.4, -0.2) is 40.3 Å². The molecule has 0 radical (unpaired) electrons. The van der Waals surface area contributed by atoms with Gasteiger partial charge in [0.15, 0.2) is 0 Å². The lowest BCUT2D eigenvalue weighted by Crippen LogP contribution is -2.39. The van der Waals surface area contributed by atoms with Gasteiger partial charge in [-0.05, 0) is 18.4 Å². The van der Waals surface area contributed by atoms with Crippen LogP contribution < -0.4 is 9.57 Å². The molecule has 21 heavy (non-hydrogen) atoms. The summed E-state index contributed by atoms with van der Waals surface area (Å²) < 4.78 is 37.2. The van der Waals surface area contributed by atoms with Crippen LogP contribution in [0.4, 0.5) is 0 Å². The minimum atomic E-state index is -4.41. The molecule has 1 heterocycles. The molecule has 9 heteroatoms. The molecule has 0 atom stereocenters. The number of nitrogens with zero attached hydrogens (tertiary/aromatic N) is 1. The molecule has 1 aromatic rings. The Balaban J connectivity index is 0.000000567. The van der Waals surface area contributed by atoms with Crippen molar-refractivity contribution >= 4 is 16.4 Å². The number of hydrogen-bond acceptors (Lipinski definition) is 7. The molecule has 0 fully saturated rings. The molecule has 0 saturated heterocycles. The molecule has 0 aliphatic rings. The first-order valence-corrected chi connectivity index (χ1v) is 7.28. The van der Waals surface area contributed by atoms with Gasteiger partial charge in [-0.25, -0.2) is 8.42 Å². The Hall–Kier alpha value is -1.71. The summed E-state index contributed by atoms with van der Waals surface area (Å²) >= 11 is 0. The van der Waals surface area contributed by atoms with Crippen LogP contribution in [0.5, 0.6) is 0 Å². The molecule has 0 N–H and O–H groups in total. The van der Waals surface area contributed by atoms with Gasteiger partial charge in [0, 0.05) is 23.3 Å². The van der Waals surface area contributed by atoms with Gasteiger partial charge in [0.25, 0.3) is 0 Å². The Kier molecular flexibility index (Phi) is 9.26. The second-order valence-electron chi connectivity index (χ2n) is 3.75. The molecule has 0 amide bonds. The Morgan fingerprint density at radius 3 is 2.14 bits per heavy atom. The largest absolute Gasteiger partial charge is 0.726 e. The van der Waals surface area contributed by atoms with Crippen LogP contribution in [0.2, 0.25) is 0 Å². The maximum atomic E-state index is 10.9. The Morgan fingerprint density at radius 2 is 1.76 bits per heavy atom. The van der Waals surface area contributed by atoms with Gasteiger partial charge in [0.2, 0.25) is 22.8 Å². The van der Waals surface area contributed by atoms with E-state index in [1.165, 1.54) is 12.7 Å². The fourth-order valence-electron chi connectivity index (χ4n) is 1.27. The predicted molar refractivity (Wildman–Crippen MR) is 70.8 cm³/mol. The average Bonchev–Trinajstić information content (AvgIpc) is 2.47. The first kappa shape index (κ1) is 19.3. The lowest BCUT2D eigenvalue weighted by molar-refractivity contribution is -0.885. The molecule has 0 aliphatic heterocycles. The predicted octanol–water partition coefficient (Wildman–Crippen LogP) is -0.379. The fourth-order valence-corrected chi connectivity index (χ4v) is 1.27. The van der Waals surface area contributed by atoms with Crippen molar-refractivity contribution in [2.75, 3.05) is 21.3 Å². The van der Waals surface area contributed by atoms with Crippen molar-refractivity contribution in [3.63, 3.8) is 0 Å². The van der Waals surface area contributed by atoms with Crippen LogP contribution in [0.25, 0.3) is 0 Å². The number of carbonyl (C=O) groups excluding carboxylic acids is 1. The highest BCUT2D eigenvalue weighted by molar-refractivity contribution is 7.80. The van der Waals surface area contributed by atoms with E-state index >= 15 is 0 Å². The Labute approximate surface area is 124 Å². The standard InChI is InChI=1S/C11H16NO3.CH4O4S/c1-14-11(13)5-3-4-10-6-8-12(15-2)9-7-10;1-5-6(2,3)4/h6-9H,3-5H2,1-2H3;1H3,(H,2,3,4)/q+1;/p-1. The van der Waals surface area contributed by atoms with Crippen LogP contribution >= 0.6 is 0 Å². The molecule has 0 bridgehead atoms. The molecule has 1 aromatic heterocycles. The smallest absolute Gasteiger partial charge is 0.305 e. The van der Waals surface area contributed by atoms with Gasteiger partial charge in [-0.1, -0.05) is 0 Å². The van der Waals surface area contributed by atoms with Crippen LogP contribution in [0.15, 0.2) is 24.5 Å². The van der Waals surface area contributed by atoms with Crippen LogP contribution in [0.1, 0.15) is 18.4 Å². The van der Waals surface area contributed by atoms with E-state index in [0.717, 1.165) is 20.0 Å². The molecule has 0 spiro atoms. The molecule has 0 saturated carbocycles. The average molecular weight is 321 g/mol. The van der Waals surface area contributed by atoms with Crippen LogP contribution in [-0.2, 0) is 30.5 Å². The number of methoxy groups -OCH3 is 1. The van der Waals surface area contributed by atoms with E-state index in [9.17, 15) is 17.8 Å². The van der Waals surface area contributed by atoms with E-state index in [1.807, 2.05) is 24.5 Å². The van der Waals surface area contributed by atoms with E-state index in [4.69, 9.17) is 4.84 Å². The van der Waals surface area contributed by atoms with Gasteiger partial charge in [-0.3, -0.25) is 13.8 Å². The molecular formula is C12H19NO7S. The van der Waals surface area contributed by atoms with Gasteiger partial charge in [0.05, 0.1) is 14.2 Å². The highest BCUT2D eigenvalue weighted by atomic mass is 32.3. The van der Waals surface area contributed by atoms with E-state index in [-0.39, 0.29) is 5.97 Å². The first-order chi connectivity index (χ1) is 9.82. The number of aromatic nitrogens is 1. The minimum Gasteiger partial charge on any atom is -0.726 e. The summed E-state index contributed by atoms with van der Waals surface area (Å²) in [4.78, 5) is 15.8. The SMILES string of the molecule is COC(=O)CCCc1cc[n+](OC)cc1.COS(=O)(=O)[O-]. The number of pyridine rings is 1. The second kappa shape index (κ2) is 10.1. The number of esters is 1. The lowest BCUT2D eigenvalue weighted by atomic mass is 10.1. The Morgan fingerprint density at radius 1 is 1.24 bits per heavy atom. The number of ether oxygens (including phenoxy) is 1. The van der Waals surface area contributed by atoms with Crippen molar-refractivity contribution in [2.45, 2.75) is 19.3 Å².